The Morgan fingerprint density at radius 3 is 2.70 bits per heavy atom. The second kappa shape index (κ2) is 8.52. The van der Waals surface area contributed by atoms with Gasteiger partial charge in [0, 0.05) is 18.6 Å². The smallest absolute Gasteiger partial charge is 0.279 e. The van der Waals surface area contributed by atoms with Crippen LogP contribution in [0.4, 0.5) is 5.82 Å². The van der Waals surface area contributed by atoms with Gasteiger partial charge < -0.3 is 10.1 Å². The Bertz CT molecular complexity index is 1170. The number of amides is 1. The molecule has 0 spiro atoms. The minimum Gasteiger partial charge on any atom is -0.485 e. The molecule has 0 aliphatic carbocycles. The molecule has 0 unspecified atom stereocenters. The molecule has 1 aromatic carbocycles. The Morgan fingerprint density at radius 1 is 1.07 bits per heavy atom. The van der Waals surface area contributed by atoms with Crippen LogP contribution in [0.3, 0.4) is 0 Å². The number of aromatic nitrogens is 5. The fourth-order valence-corrected chi connectivity index (χ4v) is 2.95. The Kier molecular flexibility index (Phi) is 5.47. The number of pyridine rings is 2. The van der Waals surface area contributed by atoms with Crippen molar-refractivity contribution in [1.82, 2.24) is 25.0 Å². The number of nitrogens with one attached hydrogen (secondary N) is 1. The molecule has 150 valence electrons. The number of aryl methyl sites for hydroxylation is 1. The quantitative estimate of drug-likeness (QED) is 0.532. The van der Waals surface area contributed by atoms with Crippen LogP contribution in [-0.4, -0.2) is 30.9 Å². The summed E-state index contributed by atoms with van der Waals surface area (Å²) in [7, 11) is 0. The summed E-state index contributed by atoms with van der Waals surface area (Å²) < 4.78 is 7.47. The molecule has 8 nitrogen and oxygen atoms in total. The first-order valence-corrected chi connectivity index (χ1v) is 9.39. The third-order valence-electron chi connectivity index (χ3n) is 4.50. The first-order chi connectivity index (χ1) is 14.6. The highest BCUT2D eigenvalue weighted by atomic mass is 16.5. The predicted octanol–water partition coefficient (Wildman–Crippen LogP) is 3.51. The lowest BCUT2D eigenvalue weighted by molar-refractivity contribution is 0.102. The number of rotatable bonds is 6. The lowest BCUT2D eigenvalue weighted by atomic mass is 10.2. The van der Waals surface area contributed by atoms with Crippen LogP contribution in [0.25, 0.3) is 5.69 Å². The Morgan fingerprint density at radius 2 is 1.90 bits per heavy atom. The van der Waals surface area contributed by atoms with Crippen LogP contribution in [0, 0.1) is 13.8 Å². The van der Waals surface area contributed by atoms with E-state index in [4.69, 9.17) is 4.74 Å². The molecule has 4 aromatic rings. The van der Waals surface area contributed by atoms with Crippen molar-refractivity contribution in [3.63, 3.8) is 0 Å². The van der Waals surface area contributed by atoms with Crippen LogP contribution < -0.4 is 10.1 Å². The van der Waals surface area contributed by atoms with Gasteiger partial charge in [0.25, 0.3) is 5.91 Å². The zero-order chi connectivity index (χ0) is 20.9. The van der Waals surface area contributed by atoms with E-state index in [1.54, 1.807) is 42.3 Å². The van der Waals surface area contributed by atoms with Gasteiger partial charge in [0.1, 0.15) is 6.61 Å². The van der Waals surface area contributed by atoms with Gasteiger partial charge in [-0.2, -0.15) is 0 Å². The van der Waals surface area contributed by atoms with Crippen LogP contribution in [-0.2, 0) is 6.61 Å². The Labute approximate surface area is 173 Å². The number of hydrogen-bond donors (Lipinski definition) is 1. The van der Waals surface area contributed by atoms with Gasteiger partial charge in [-0.15, -0.1) is 5.10 Å². The average Bonchev–Trinajstić information content (AvgIpc) is 3.15. The van der Waals surface area contributed by atoms with E-state index < -0.39 is 5.91 Å². The highest BCUT2D eigenvalue weighted by Gasteiger charge is 2.19. The molecule has 0 aliphatic rings. The summed E-state index contributed by atoms with van der Waals surface area (Å²) in [5.41, 5.74) is 3.76. The number of hydrogen-bond acceptors (Lipinski definition) is 6. The van der Waals surface area contributed by atoms with E-state index in [1.807, 2.05) is 43.3 Å². The molecule has 3 aromatic heterocycles. The zero-order valence-electron chi connectivity index (χ0n) is 16.6. The molecule has 0 radical (unpaired) electrons. The van der Waals surface area contributed by atoms with E-state index in [0.29, 0.717) is 23.9 Å². The second-order valence-corrected chi connectivity index (χ2v) is 6.72. The lowest BCUT2D eigenvalue weighted by Crippen LogP contribution is -2.16. The third kappa shape index (κ3) is 4.17. The maximum absolute atomic E-state index is 12.8. The van der Waals surface area contributed by atoms with Crippen LogP contribution >= 0.6 is 0 Å². The first kappa shape index (κ1) is 19.3. The summed E-state index contributed by atoms with van der Waals surface area (Å²) in [6.07, 6.45) is 4.99. The number of anilines is 1. The van der Waals surface area contributed by atoms with Gasteiger partial charge in [0.2, 0.25) is 0 Å². The lowest BCUT2D eigenvalue weighted by Gasteiger charge is -2.11. The van der Waals surface area contributed by atoms with E-state index in [1.165, 1.54) is 0 Å². The minimum absolute atomic E-state index is 0.224. The minimum atomic E-state index is -0.404. The van der Waals surface area contributed by atoms with Crippen LogP contribution in [0.5, 0.6) is 5.75 Å². The number of nitrogens with zero attached hydrogens (tertiary/aromatic N) is 5. The number of benzene rings is 1. The van der Waals surface area contributed by atoms with Crippen molar-refractivity contribution in [2.45, 2.75) is 20.5 Å². The monoisotopic (exact) mass is 400 g/mol. The van der Waals surface area contributed by atoms with E-state index >= 15 is 0 Å². The van der Waals surface area contributed by atoms with Crippen molar-refractivity contribution >= 4 is 11.7 Å². The molecule has 1 amide bonds. The van der Waals surface area contributed by atoms with Crippen molar-refractivity contribution < 1.29 is 9.53 Å². The SMILES string of the molecule is Cc1cccc(-n2nnc(C(=O)Nc3ncccc3OCc3ccncc3)c2C)c1. The van der Waals surface area contributed by atoms with E-state index in [-0.39, 0.29) is 5.69 Å². The molecule has 3 heterocycles. The van der Waals surface area contributed by atoms with Crippen LogP contribution in [0.1, 0.15) is 27.3 Å². The molecule has 0 aliphatic heterocycles. The molecule has 1 N–H and O–H groups in total. The molecular weight excluding hydrogens is 380 g/mol. The number of ether oxygens (including phenoxy) is 1. The van der Waals surface area contributed by atoms with Crippen molar-refractivity contribution in [3.05, 3.63) is 89.6 Å². The fraction of sp³-hybridized carbons (Fsp3) is 0.136. The van der Waals surface area contributed by atoms with Gasteiger partial charge in [0.15, 0.2) is 17.3 Å². The fourth-order valence-electron chi connectivity index (χ4n) is 2.95. The largest absolute Gasteiger partial charge is 0.485 e. The van der Waals surface area contributed by atoms with E-state index in [0.717, 1.165) is 16.8 Å². The predicted molar refractivity (Wildman–Crippen MR) is 112 cm³/mol. The van der Waals surface area contributed by atoms with Gasteiger partial charge >= 0.3 is 0 Å². The van der Waals surface area contributed by atoms with Crippen LogP contribution in [0.15, 0.2) is 67.1 Å². The molecule has 4 rings (SSSR count). The molecular formula is C22H20N6O2. The van der Waals surface area contributed by atoms with Gasteiger partial charge in [-0.1, -0.05) is 17.3 Å². The molecule has 8 heteroatoms. The number of carbonyl (C=O) groups is 1. The molecule has 30 heavy (non-hydrogen) atoms. The molecule has 0 fully saturated rings. The van der Waals surface area contributed by atoms with Gasteiger partial charge in [-0.05, 0) is 61.4 Å². The van der Waals surface area contributed by atoms with Gasteiger partial charge in [0.05, 0.1) is 11.4 Å². The maximum Gasteiger partial charge on any atom is 0.279 e. The van der Waals surface area contributed by atoms with E-state index in [9.17, 15) is 4.79 Å². The zero-order valence-corrected chi connectivity index (χ0v) is 16.6. The summed E-state index contributed by atoms with van der Waals surface area (Å²) in [5.74, 6) is 0.381. The van der Waals surface area contributed by atoms with Crippen molar-refractivity contribution in [3.8, 4) is 11.4 Å². The molecule has 0 bridgehead atoms. The Hall–Kier alpha value is -4.07. The molecule has 0 atom stereocenters. The number of carbonyl (C=O) groups excluding carboxylic acids is 1. The summed E-state index contributed by atoms with van der Waals surface area (Å²) in [4.78, 5) is 21.1. The van der Waals surface area contributed by atoms with Gasteiger partial charge in [-0.3, -0.25) is 9.78 Å². The normalized spacial score (nSPS) is 10.6. The topological polar surface area (TPSA) is 94.8 Å². The van der Waals surface area contributed by atoms with Crippen molar-refractivity contribution in [2.24, 2.45) is 0 Å². The summed E-state index contributed by atoms with van der Waals surface area (Å²) in [5, 5.41) is 11.0. The third-order valence-corrected chi connectivity index (χ3v) is 4.50. The van der Waals surface area contributed by atoms with E-state index in [2.05, 4.69) is 25.6 Å². The van der Waals surface area contributed by atoms with Gasteiger partial charge in [-0.25, -0.2) is 9.67 Å². The highest BCUT2D eigenvalue weighted by molar-refractivity contribution is 6.03. The Balaban J connectivity index is 1.52. The highest BCUT2D eigenvalue weighted by Crippen LogP contribution is 2.23. The molecule has 0 saturated carbocycles. The first-order valence-electron chi connectivity index (χ1n) is 9.39. The van der Waals surface area contributed by atoms with Crippen molar-refractivity contribution in [2.75, 3.05) is 5.32 Å². The summed E-state index contributed by atoms with van der Waals surface area (Å²) >= 11 is 0. The standard InChI is InChI=1S/C22H20N6O2/c1-15-5-3-6-18(13-15)28-16(2)20(26-27-28)22(29)25-21-19(7-4-10-24-21)30-14-17-8-11-23-12-9-17/h3-13H,14H2,1-2H3,(H,24,25,29). The van der Waals surface area contributed by atoms with Crippen molar-refractivity contribution in [1.29, 1.82) is 0 Å². The second-order valence-electron chi connectivity index (χ2n) is 6.72. The van der Waals surface area contributed by atoms with Crippen LogP contribution in [0.2, 0.25) is 0 Å². The molecule has 0 saturated heterocycles. The maximum atomic E-state index is 12.8. The summed E-state index contributed by atoms with van der Waals surface area (Å²) in [6, 6.07) is 15.1. The summed E-state index contributed by atoms with van der Waals surface area (Å²) in [6.45, 7) is 4.13. The average molecular weight is 400 g/mol.